The predicted molar refractivity (Wildman–Crippen MR) is 93.6 cm³/mol. The van der Waals surface area contributed by atoms with Gasteiger partial charge in [0.15, 0.2) is 0 Å². The summed E-state index contributed by atoms with van der Waals surface area (Å²) in [6, 6.07) is 0. The number of hydrogen-bond donors (Lipinski definition) is 1. The Morgan fingerprint density at radius 3 is 2.80 bits per heavy atom. The Labute approximate surface area is 150 Å². The van der Waals surface area contributed by atoms with Gasteiger partial charge in [0.25, 0.3) is 0 Å². The zero-order valence-electron chi connectivity index (χ0n) is 14.8. The van der Waals surface area contributed by atoms with Gasteiger partial charge >= 0.3 is 5.69 Å². The van der Waals surface area contributed by atoms with E-state index in [0.717, 1.165) is 30.1 Å². The summed E-state index contributed by atoms with van der Waals surface area (Å²) in [5.41, 5.74) is 1.61. The van der Waals surface area contributed by atoms with Gasteiger partial charge in [-0.25, -0.2) is 9.48 Å². The van der Waals surface area contributed by atoms with Gasteiger partial charge in [0.1, 0.15) is 5.82 Å². The quantitative estimate of drug-likeness (QED) is 0.793. The van der Waals surface area contributed by atoms with Crippen LogP contribution in [0.15, 0.2) is 4.79 Å². The molecule has 9 heteroatoms. The fourth-order valence-corrected chi connectivity index (χ4v) is 3.37. The van der Waals surface area contributed by atoms with Crippen LogP contribution in [-0.2, 0) is 31.4 Å². The van der Waals surface area contributed by atoms with Crippen LogP contribution in [0.3, 0.4) is 0 Å². The van der Waals surface area contributed by atoms with E-state index in [1.165, 1.54) is 4.68 Å². The standard InChI is InChI=1S/C16H23ClN6O2/c1-10-14(17)11(2)23(19-10)8-4-7-18-15(24)12-5-6-13-20-21(3)16(25)22(13)9-12/h12H,4-9H2,1-3H3,(H,18,24)/t12-/m0/s1. The molecule has 0 saturated heterocycles. The van der Waals surface area contributed by atoms with Crippen molar-refractivity contribution in [2.75, 3.05) is 6.54 Å². The Bertz CT molecular complexity index is 850. The van der Waals surface area contributed by atoms with Crippen molar-refractivity contribution in [1.82, 2.24) is 29.4 Å². The summed E-state index contributed by atoms with van der Waals surface area (Å²) in [5, 5.41) is 12.2. The van der Waals surface area contributed by atoms with E-state index in [1.807, 2.05) is 18.5 Å². The molecule has 3 heterocycles. The second-order valence-electron chi connectivity index (χ2n) is 6.52. The van der Waals surface area contributed by atoms with Crippen molar-refractivity contribution in [3.8, 4) is 0 Å². The van der Waals surface area contributed by atoms with Gasteiger partial charge in [-0.3, -0.25) is 14.0 Å². The fraction of sp³-hybridized carbons (Fsp3) is 0.625. The molecule has 0 spiro atoms. The largest absolute Gasteiger partial charge is 0.356 e. The van der Waals surface area contributed by atoms with Crippen molar-refractivity contribution in [3.63, 3.8) is 0 Å². The molecule has 1 N–H and O–H groups in total. The molecule has 1 atom stereocenters. The van der Waals surface area contributed by atoms with Crippen LogP contribution in [0.1, 0.15) is 30.1 Å². The third-order valence-electron chi connectivity index (χ3n) is 4.71. The van der Waals surface area contributed by atoms with E-state index in [0.29, 0.717) is 31.1 Å². The normalized spacial score (nSPS) is 16.7. The monoisotopic (exact) mass is 366 g/mol. The molecule has 3 rings (SSSR count). The summed E-state index contributed by atoms with van der Waals surface area (Å²) < 4.78 is 4.80. The van der Waals surface area contributed by atoms with E-state index in [9.17, 15) is 9.59 Å². The number of nitrogens with one attached hydrogen (secondary N) is 1. The average Bonchev–Trinajstić information content (AvgIpc) is 3.02. The SMILES string of the molecule is Cc1nn(CCCNC(=O)[C@H]2CCc3nn(C)c(=O)n3C2)c(C)c1Cl. The lowest BCUT2D eigenvalue weighted by Gasteiger charge is -2.21. The molecule has 0 radical (unpaired) electrons. The highest BCUT2D eigenvalue weighted by molar-refractivity contribution is 6.31. The van der Waals surface area contributed by atoms with Crippen LogP contribution in [0, 0.1) is 19.8 Å². The minimum atomic E-state index is -0.183. The molecule has 0 bridgehead atoms. The Hall–Kier alpha value is -2.09. The van der Waals surface area contributed by atoms with E-state index in [1.54, 1.807) is 11.6 Å². The van der Waals surface area contributed by atoms with Crippen molar-refractivity contribution in [2.45, 2.75) is 46.2 Å². The summed E-state index contributed by atoms with van der Waals surface area (Å²) in [7, 11) is 1.63. The zero-order chi connectivity index (χ0) is 18.1. The number of halogens is 1. The second kappa shape index (κ2) is 7.03. The van der Waals surface area contributed by atoms with Gasteiger partial charge in [-0.15, -0.1) is 0 Å². The van der Waals surface area contributed by atoms with Gasteiger partial charge in [0, 0.05) is 33.1 Å². The van der Waals surface area contributed by atoms with Crippen LogP contribution in [0.5, 0.6) is 0 Å². The first kappa shape index (κ1) is 17.7. The fourth-order valence-electron chi connectivity index (χ4n) is 3.23. The maximum absolute atomic E-state index is 12.4. The highest BCUT2D eigenvalue weighted by atomic mass is 35.5. The Morgan fingerprint density at radius 2 is 2.12 bits per heavy atom. The highest BCUT2D eigenvalue weighted by Crippen LogP contribution is 2.19. The van der Waals surface area contributed by atoms with Crippen LogP contribution in [0.2, 0.25) is 5.02 Å². The first-order chi connectivity index (χ1) is 11.9. The minimum Gasteiger partial charge on any atom is -0.356 e. The molecular weight excluding hydrogens is 344 g/mol. The molecule has 1 aliphatic rings. The smallest absolute Gasteiger partial charge is 0.345 e. The number of aryl methyl sites for hydroxylation is 4. The first-order valence-corrected chi connectivity index (χ1v) is 8.86. The van der Waals surface area contributed by atoms with Crippen molar-refractivity contribution < 1.29 is 4.79 Å². The number of fused-ring (bicyclic) bond motifs is 1. The molecule has 2 aromatic heterocycles. The summed E-state index contributed by atoms with van der Waals surface area (Å²) in [6.07, 6.45) is 2.14. The molecule has 2 aromatic rings. The van der Waals surface area contributed by atoms with Crippen LogP contribution < -0.4 is 11.0 Å². The van der Waals surface area contributed by atoms with Crippen molar-refractivity contribution >= 4 is 17.5 Å². The van der Waals surface area contributed by atoms with Gasteiger partial charge in [0.2, 0.25) is 5.91 Å². The number of carbonyl (C=O) groups is 1. The van der Waals surface area contributed by atoms with Crippen molar-refractivity contribution in [3.05, 3.63) is 32.7 Å². The van der Waals surface area contributed by atoms with Gasteiger partial charge < -0.3 is 5.32 Å². The first-order valence-electron chi connectivity index (χ1n) is 8.48. The highest BCUT2D eigenvalue weighted by Gasteiger charge is 2.27. The second-order valence-corrected chi connectivity index (χ2v) is 6.90. The van der Waals surface area contributed by atoms with Gasteiger partial charge in [0.05, 0.1) is 22.3 Å². The molecule has 25 heavy (non-hydrogen) atoms. The molecule has 136 valence electrons. The maximum atomic E-state index is 12.4. The van der Waals surface area contributed by atoms with E-state index >= 15 is 0 Å². The molecule has 0 aliphatic carbocycles. The van der Waals surface area contributed by atoms with Gasteiger partial charge in [-0.1, -0.05) is 11.6 Å². The summed E-state index contributed by atoms with van der Waals surface area (Å²) in [6.45, 7) is 5.50. The van der Waals surface area contributed by atoms with Crippen LogP contribution in [-0.4, -0.2) is 36.6 Å². The van der Waals surface area contributed by atoms with Crippen LogP contribution in [0.4, 0.5) is 0 Å². The molecule has 0 fully saturated rings. The number of hydrogen-bond acceptors (Lipinski definition) is 4. The topological polar surface area (TPSA) is 86.7 Å². The zero-order valence-corrected chi connectivity index (χ0v) is 15.5. The summed E-state index contributed by atoms with van der Waals surface area (Å²) in [5.74, 6) is 0.572. The number of rotatable bonds is 5. The molecule has 1 amide bonds. The van der Waals surface area contributed by atoms with Crippen molar-refractivity contribution in [2.24, 2.45) is 13.0 Å². The van der Waals surface area contributed by atoms with Crippen molar-refractivity contribution in [1.29, 1.82) is 0 Å². The van der Waals surface area contributed by atoms with E-state index in [2.05, 4.69) is 15.5 Å². The maximum Gasteiger partial charge on any atom is 0.345 e. The molecule has 0 aromatic carbocycles. The van der Waals surface area contributed by atoms with Gasteiger partial charge in [-0.05, 0) is 26.7 Å². The van der Waals surface area contributed by atoms with Crippen LogP contribution >= 0.6 is 11.6 Å². The molecule has 0 saturated carbocycles. The predicted octanol–water partition coefficient (Wildman–Crippen LogP) is 0.817. The lowest BCUT2D eigenvalue weighted by Crippen LogP contribution is -2.39. The summed E-state index contributed by atoms with van der Waals surface area (Å²) >= 11 is 6.13. The molecule has 1 aliphatic heterocycles. The lowest BCUT2D eigenvalue weighted by molar-refractivity contribution is -0.125. The third-order valence-corrected chi connectivity index (χ3v) is 5.26. The summed E-state index contributed by atoms with van der Waals surface area (Å²) in [4.78, 5) is 24.3. The number of carbonyl (C=O) groups excluding carboxylic acids is 1. The number of amides is 1. The average molecular weight is 367 g/mol. The lowest BCUT2D eigenvalue weighted by atomic mass is 9.98. The van der Waals surface area contributed by atoms with Crippen LogP contribution in [0.25, 0.3) is 0 Å². The Kier molecular flexibility index (Phi) is 4.99. The molecule has 0 unspecified atom stereocenters. The van der Waals surface area contributed by atoms with E-state index in [4.69, 9.17) is 11.6 Å². The van der Waals surface area contributed by atoms with Gasteiger partial charge in [-0.2, -0.15) is 10.2 Å². The minimum absolute atomic E-state index is 0.00666. The Morgan fingerprint density at radius 1 is 1.36 bits per heavy atom. The molecular formula is C16H23ClN6O2. The number of nitrogens with zero attached hydrogens (tertiary/aromatic N) is 5. The molecule has 8 nitrogen and oxygen atoms in total. The number of aromatic nitrogens is 5. The third kappa shape index (κ3) is 3.49. The van der Waals surface area contributed by atoms with E-state index in [-0.39, 0.29) is 17.5 Å². The van der Waals surface area contributed by atoms with E-state index < -0.39 is 0 Å². The Balaban J connectivity index is 1.49.